The molecule has 20 heavy (non-hydrogen) atoms. The van der Waals surface area contributed by atoms with Gasteiger partial charge in [0.25, 0.3) is 0 Å². The van der Waals surface area contributed by atoms with E-state index in [4.69, 9.17) is 5.73 Å². The third kappa shape index (κ3) is 2.24. The Balaban J connectivity index is 2.17. The smallest absolute Gasteiger partial charge is 0.177 e. The van der Waals surface area contributed by atoms with Gasteiger partial charge in [-0.2, -0.15) is 0 Å². The van der Waals surface area contributed by atoms with Gasteiger partial charge in [-0.25, -0.2) is 8.42 Å². The van der Waals surface area contributed by atoms with Gasteiger partial charge in [0.05, 0.1) is 18.0 Å². The van der Waals surface area contributed by atoms with Gasteiger partial charge >= 0.3 is 0 Å². The molecule has 0 unspecified atom stereocenters. The van der Waals surface area contributed by atoms with E-state index in [1.54, 1.807) is 18.3 Å². The molecule has 0 saturated heterocycles. The van der Waals surface area contributed by atoms with Crippen LogP contribution in [0.4, 0.5) is 5.69 Å². The highest BCUT2D eigenvalue weighted by molar-refractivity contribution is 7.91. The summed E-state index contributed by atoms with van der Waals surface area (Å²) >= 11 is 0. The minimum absolute atomic E-state index is 0.304. The molecule has 106 valence electrons. The monoisotopic (exact) mass is 292 g/mol. The summed E-state index contributed by atoms with van der Waals surface area (Å²) in [5.41, 5.74) is 7.16. The molecule has 1 aromatic carbocycles. The number of hydrogen-bond donors (Lipinski definition) is 2. The Labute approximate surface area is 117 Å². The highest BCUT2D eigenvalue weighted by Crippen LogP contribution is 2.27. The van der Waals surface area contributed by atoms with Crippen molar-refractivity contribution in [1.82, 2.24) is 9.88 Å². The Bertz CT molecular complexity index is 805. The number of rotatable bonds is 3. The lowest BCUT2D eigenvalue weighted by Gasteiger charge is -2.05. The van der Waals surface area contributed by atoms with Gasteiger partial charge in [-0.3, -0.25) is 4.99 Å². The number of fused-ring (bicyclic) bond motifs is 1. The van der Waals surface area contributed by atoms with Gasteiger partial charge in [-0.05, 0) is 18.2 Å². The van der Waals surface area contributed by atoms with Crippen molar-refractivity contribution in [3.8, 4) is 0 Å². The zero-order valence-electron chi connectivity index (χ0n) is 11.1. The first-order valence-electron chi connectivity index (χ1n) is 6.31. The van der Waals surface area contributed by atoms with Crippen LogP contribution in [0.3, 0.4) is 0 Å². The van der Waals surface area contributed by atoms with Crippen molar-refractivity contribution >= 4 is 32.3 Å². The summed E-state index contributed by atoms with van der Waals surface area (Å²) in [5, 5.41) is 3.84. The average molecular weight is 292 g/mol. The summed E-state index contributed by atoms with van der Waals surface area (Å²) in [4.78, 5) is 4.64. The quantitative estimate of drug-likeness (QED) is 0.812. The summed E-state index contributed by atoms with van der Waals surface area (Å²) in [5.74, 6) is 0.874. The van der Waals surface area contributed by atoms with Crippen molar-refractivity contribution in [2.24, 2.45) is 4.99 Å². The molecule has 2 aromatic rings. The van der Waals surface area contributed by atoms with Crippen molar-refractivity contribution in [3.05, 3.63) is 24.4 Å². The molecule has 0 aliphatic carbocycles. The van der Waals surface area contributed by atoms with E-state index in [-0.39, 0.29) is 0 Å². The molecular weight excluding hydrogens is 276 g/mol. The van der Waals surface area contributed by atoms with E-state index in [0.717, 1.165) is 24.4 Å². The van der Waals surface area contributed by atoms with Gasteiger partial charge in [0.2, 0.25) is 0 Å². The minimum atomic E-state index is -3.30. The number of benzene rings is 1. The third-order valence-corrected chi connectivity index (χ3v) is 4.46. The number of anilines is 1. The highest BCUT2D eigenvalue weighted by Gasteiger charge is 2.18. The second-order valence-corrected chi connectivity index (χ2v) is 6.91. The van der Waals surface area contributed by atoms with E-state index in [1.165, 1.54) is 6.26 Å². The van der Waals surface area contributed by atoms with E-state index in [9.17, 15) is 8.42 Å². The first kappa shape index (κ1) is 13.0. The van der Waals surface area contributed by atoms with Crippen molar-refractivity contribution in [1.29, 1.82) is 0 Å². The fourth-order valence-corrected chi connectivity index (χ4v) is 3.30. The maximum atomic E-state index is 11.9. The highest BCUT2D eigenvalue weighted by atomic mass is 32.2. The number of nitrogens with two attached hydrogens (primary N) is 1. The second kappa shape index (κ2) is 4.52. The summed E-state index contributed by atoms with van der Waals surface area (Å²) < 4.78 is 25.7. The van der Waals surface area contributed by atoms with Crippen LogP contribution in [0, 0.1) is 0 Å². The summed E-state index contributed by atoms with van der Waals surface area (Å²) in [6, 6.07) is 5.32. The number of nitrogens with zero attached hydrogens (tertiary/aromatic N) is 2. The molecule has 1 aromatic heterocycles. The van der Waals surface area contributed by atoms with Gasteiger partial charge in [-0.1, -0.05) is 0 Å². The molecule has 3 N–H and O–H groups in total. The zero-order chi connectivity index (χ0) is 14.3. The van der Waals surface area contributed by atoms with Crippen LogP contribution >= 0.6 is 0 Å². The molecule has 2 heterocycles. The number of nitrogen functional groups attached to an aromatic ring is 1. The Kier molecular flexibility index (Phi) is 2.93. The zero-order valence-corrected chi connectivity index (χ0v) is 11.9. The molecule has 0 fully saturated rings. The number of hydrogen-bond acceptors (Lipinski definition) is 5. The minimum Gasteiger partial charge on any atom is -0.399 e. The van der Waals surface area contributed by atoms with E-state index in [2.05, 4.69) is 10.3 Å². The lowest BCUT2D eigenvalue weighted by atomic mass is 10.2. The SMILES string of the molecule is CS(=O)(=O)c1cn(CC2=NCCN2)c2ccc(N)cc12. The van der Waals surface area contributed by atoms with Crippen molar-refractivity contribution in [3.63, 3.8) is 0 Å². The molecule has 0 saturated carbocycles. The van der Waals surface area contributed by atoms with E-state index >= 15 is 0 Å². The number of amidine groups is 1. The first-order valence-corrected chi connectivity index (χ1v) is 8.20. The average Bonchev–Trinajstić information content (AvgIpc) is 2.97. The van der Waals surface area contributed by atoms with Crippen LogP contribution in [0.5, 0.6) is 0 Å². The standard InChI is InChI=1S/C13H16N4O2S/c1-20(18,19)12-7-17(8-13-15-4-5-16-13)11-3-2-9(14)6-10(11)12/h2-3,6-7H,4-5,8,14H2,1H3,(H,15,16). The molecule has 0 atom stereocenters. The Hall–Kier alpha value is -2.02. The largest absolute Gasteiger partial charge is 0.399 e. The molecule has 1 aliphatic heterocycles. The van der Waals surface area contributed by atoms with Crippen LogP contribution < -0.4 is 11.1 Å². The van der Waals surface area contributed by atoms with Gasteiger partial charge < -0.3 is 15.6 Å². The predicted molar refractivity (Wildman–Crippen MR) is 79.8 cm³/mol. The van der Waals surface area contributed by atoms with Gasteiger partial charge in [-0.15, -0.1) is 0 Å². The number of aromatic nitrogens is 1. The van der Waals surface area contributed by atoms with Crippen LogP contribution in [0.15, 0.2) is 34.3 Å². The topological polar surface area (TPSA) is 89.5 Å². The molecule has 6 nitrogen and oxygen atoms in total. The van der Waals surface area contributed by atoms with Gasteiger partial charge in [0.1, 0.15) is 5.84 Å². The van der Waals surface area contributed by atoms with Crippen molar-refractivity contribution in [2.75, 3.05) is 25.1 Å². The molecule has 0 bridgehead atoms. The predicted octanol–water partition coefficient (Wildman–Crippen LogP) is 0.629. The summed E-state index contributed by atoms with van der Waals surface area (Å²) in [6.45, 7) is 2.14. The van der Waals surface area contributed by atoms with Crippen LogP contribution in [0.25, 0.3) is 10.9 Å². The van der Waals surface area contributed by atoms with Gasteiger partial charge in [0, 0.05) is 35.6 Å². The number of aliphatic imine (C=N–C) groups is 1. The molecular formula is C13H16N4O2S. The van der Waals surface area contributed by atoms with Crippen LogP contribution in [0.1, 0.15) is 0 Å². The number of nitrogens with one attached hydrogen (secondary N) is 1. The van der Waals surface area contributed by atoms with Crippen LogP contribution in [0.2, 0.25) is 0 Å². The van der Waals surface area contributed by atoms with E-state index in [1.807, 2.05) is 10.6 Å². The summed E-state index contributed by atoms with van der Waals surface area (Å²) in [6.07, 6.45) is 2.86. The fourth-order valence-electron chi connectivity index (χ4n) is 2.42. The maximum absolute atomic E-state index is 11.9. The van der Waals surface area contributed by atoms with E-state index < -0.39 is 9.84 Å². The first-order chi connectivity index (χ1) is 9.45. The van der Waals surface area contributed by atoms with Crippen molar-refractivity contribution < 1.29 is 8.42 Å². The lowest BCUT2D eigenvalue weighted by Crippen LogP contribution is -2.23. The fraction of sp³-hybridized carbons (Fsp3) is 0.308. The van der Waals surface area contributed by atoms with Crippen molar-refractivity contribution in [2.45, 2.75) is 11.4 Å². The number of sulfone groups is 1. The summed E-state index contributed by atoms with van der Waals surface area (Å²) in [7, 11) is -3.30. The Morgan fingerprint density at radius 3 is 2.90 bits per heavy atom. The lowest BCUT2D eigenvalue weighted by molar-refractivity contribution is 0.602. The molecule has 1 aliphatic rings. The third-order valence-electron chi connectivity index (χ3n) is 3.33. The maximum Gasteiger partial charge on any atom is 0.177 e. The molecule has 0 amide bonds. The van der Waals surface area contributed by atoms with Crippen LogP contribution in [-0.2, 0) is 16.4 Å². The Morgan fingerprint density at radius 2 is 2.25 bits per heavy atom. The molecule has 7 heteroatoms. The molecule has 3 rings (SSSR count). The van der Waals surface area contributed by atoms with Gasteiger partial charge in [0.15, 0.2) is 9.84 Å². The normalized spacial score (nSPS) is 15.3. The molecule has 0 spiro atoms. The van der Waals surface area contributed by atoms with E-state index in [0.29, 0.717) is 22.5 Å². The Morgan fingerprint density at radius 1 is 1.45 bits per heavy atom. The molecule has 0 radical (unpaired) electrons. The second-order valence-electron chi connectivity index (χ2n) is 4.93. The van der Waals surface area contributed by atoms with Crippen LogP contribution in [-0.4, -0.2) is 38.2 Å².